The quantitative estimate of drug-likeness (QED) is 0.604. The lowest BCUT2D eigenvalue weighted by molar-refractivity contribution is 0.0743. The Hall–Kier alpha value is -2.56. The van der Waals surface area contributed by atoms with Crippen molar-refractivity contribution >= 4 is 42.4 Å². The number of carbonyl (C=O) groups is 1. The van der Waals surface area contributed by atoms with E-state index in [0.29, 0.717) is 26.2 Å². The van der Waals surface area contributed by atoms with Gasteiger partial charge in [0, 0.05) is 32.8 Å². The third-order valence-electron chi connectivity index (χ3n) is 5.20. The predicted octanol–water partition coefficient (Wildman–Crippen LogP) is 2.55. The number of rotatable bonds is 6. The van der Waals surface area contributed by atoms with Gasteiger partial charge in [0.1, 0.15) is 5.82 Å². The highest BCUT2D eigenvalue weighted by Crippen LogP contribution is 2.30. The third kappa shape index (κ3) is 4.56. The summed E-state index contributed by atoms with van der Waals surface area (Å²) in [6.07, 6.45) is 0.121. The molecule has 3 aromatic rings. The first-order chi connectivity index (χ1) is 14.9. The van der Waals surface area contributed by atoms with E-state index in [1.165, 1.54) is 35.6 Å². The topological polar surface area (TPSA) is 90.8 Å². The van der Waals surface area contributed by atoms with Crippen LogP contribution in [-0.2, 0) is 9.84 Å². The van der Waals surface area contributed by atoms with Crippen molar-refractivity contribution in [2.24, 2.45) is 0 Å². The molecule has 1 aliphatic heterocycles. The van der Waals surface area contributed by atoms with E-state index in [2.05, 4.69) is 9.88 Å². The maximum atomic E-state index is 13.4. The number of anilines is 1. The molecule has 1 N–H and O–H groups in total. The fraction of sp³-hybridized carbons (Fsp3) is 0.333. The molecule has 1 aliphatic rings. The standard InChI is InChI=1S/C21H22FN3O4S2/c22-15-6-7-17-18(14-15)30-21(23-17)25-10-8-24(9-11-25)20(27)16-4-1-2-5-19(16)31(28,29)13-3-12-26/h1-2,4-7,14,26H,3,8-13H2. The van der Waals surface area contributed by atoms with Gasteiger partial charge in [-0.25, -0.2) is 17.8 Å². The number of aliphatic hydroxyl groups excluding tert-OH is 1. The van der Waals surface area contributed by atoms with Crippen LogP contribution in [0.4, 0.5) is 9.52 Å². The van der Waals surface area contributed by atoms with Crippen molar-refractivity contribution in [1.29, 1.82) is 0 Å². The second-order valence-corrected chi connectivity index (χ2v) is 10.4. The third-order valence-corrected chi connectivity index (χ3v) is 8.13. The van der Waals surface area contributed by atoms with E-state index >= 15 is 0 Å². The number of aromatic nitrogens is 1. The first-order valence-corrected chi connectivity index (χ1v) is 12.4. The van der Waals surface area contributed by atoms with Gasteiger partial charge in [-0.15, -0.1) is 0 Å². The zero-order valence-corrected chi connectivity index (χ0v) is 18.3. The lowest BCUT2D eigenvalue weighted by atomic mass is 10.2. The van der Waals surface area contributed by atoms with E-state index in [1.807, 2.05) is 0 Å². The molecule has 2 heterocycles. The monoisotopic (exact) mass is 463 g/mol. The van der Waals surface area contributed by atoms with Crippen LogP contribution in [0.1, 0.15) is 16.8 Å². The zero-order valence-electron chi connectivity index (χ0n) is 16.7. The molecular weight excluding hydrogens is 441 g/mol. The van der Waals surface area contributed by atoms with Gasteiger partial charge in [-0.05, 0) is 36.8 Å². The largest absolute Gasteiger partial charge is 0.396 e. The van der Waals surface area contributed by atoms with E-state index in [0.717, 1.165) is 15.3 Å². The van der Waals surface area contributed by atoms with Crippen molar-refractivity contribution in [1.82, 2.24) is 9.88 Å². The molecule has 1 fully saturated rings. The summed E-state index contributed by atoms with van der Waals surface area (Å²) in [6, 6.07) is 10.7. The van der Waals surface area contributed by atoms with Gasteiger partial charge in [-0.2, -0.15) is 0 Å². The van der Waals surface area contributed by atoms with Crippen molar-refractivity contribution < 1.29 is 22.7 Å². The summed E-state index contributed by atoms with van der Waals surface area (Å²) in [5.41, 5.74) is 0.895. The normalized spacial score (nSPS) is 14.9. The highest BCUT2D eigenvalue weighted by molar-refractivity contribution is 7.91. The molecular formula is C21H22FN3O4S2. The lowest BCUT2D eigenvalue weighted by Crippen LogP contribution is -2.49. The predicted molar refractivity (Wildman–Crippen MR) is 118 cm³/mol. The smallest absolute Gasteiger partial charge is 0.255 e. The van der Waals surface area contributed by atoms with Crippen molar-refractivity contribution in [3.8, 4) is 0 Å². The van der Waals surface area contributed by atoms with Crippen LogP contribution in [0, 0.1) is 5.82 Å². The number of piperazine rings is 1. The van der Waals surface area contributed by atoms with Crippen molar-refractivity contribution in [2.45, 2.75) is 11.3 Å². The van der Waals surface area contributed by atoms with Crippen LogP contribution in [0.2, 0.25) is 0 Å². The van der Waals surface area contributed by atoms with E-state index in [4.69, 9.17) is 5.11 Å². The molecule has 164 valence electrons. The van der Waals surface area contributed by atoms with Crippen LogP contribution in [-0.4, -0.2) is 67.9 Å². The second kappa shape index (κ2) is 8.89. The fourth-order valence-electron chi connectivity index (χ4n) is 3.57. The lowest BCUT2D eigenvalue weighted by Gasteiger charge is -2.34. The van der Waals surface area contributed by atoms with Crippen molar-refractivity contribution in [3.63, 3.8) is 0 Å². The Morgan fingerprint density at radius 2 is 1.87 bits per heavy atom. The molecule has 0 bridgehead atoms. The first kappa shape index (κ1) is 21.7. The summed E-state index contributed by atoms with van der Waals surface area (Å²) >= 11 is 1.41. The van der Waals surface area contributed by atoms with Gasteiger partial charge < -0.3 is 14.9 Å². The number of thiazole rings is 1. The van der Waals surface area contributed by atoms with Crippen LogP contribution in [0.25, 0.3) is 10.2 Å². The van der Waals surface area contributed by atoms with E-state index < -0.39 is 9.84 Å². The average molecular weight is 464 g/mol. The van der Waals surface area contributed by atoms with Crippen LogP contribution in [0.3, 0.4) is 0 Å². The number of fused-ring (bicyclic) bond motifs is 1. The molecule has 31 heavy (non-hydrogen) atoms. The zero-order chi connectivity index (χ0) is 22.0. The Morgan fingerprint density at radius 3 is 2.61 bits per heavy atom. The number of aliphatic hydroxyl groups is 1. The highest BCUT2D eigenvalue weighted by Gasteiger charge is 2.28. The number of halogens is 1. The second-order valence-electron chi connectivity index (χ2n) is 7.28. The number of carbonyl (C=O) groups excluding carboxylic acids is 1. The molecule has 1 amide bonds. The first-order valence-electron chi connectivity index (χ1n) is 9.92. The molecule has 2 aromatic carbocycles. The molecule has 10 heteroatoms. The highest BCUT2D eigenvalue weighted by atomic mass is 32.2. The maximum absolute atomic E-state index is 13.4. The molecule has 0 unspecified atom stereocenters. The minimum absolute atomic E-state index is 0.00378. The van der Waals surface area contributed by atoms with Gasteiger partial charge in [0.25, 0.3) is 5.91 Å². The number of hydrogen-bond acceptors (Lipinski definition) is 7. The average Bonchev–Trinajstić information content (AvgIpc) is 3.20. The summed E-state index contributed by atoms with van der Waals surface area (Å²) in [5.74, 6) is -0.834. The fourth-order valence-corrected chi connectivity index (χ4v) is 6.12. The molecule has 7 nitrogen and oxygen atoms in total. The summed E-state index contributed by atoms with van der Waals surface area (Å²) in [5, 5.41) is 9.75. The Labute approximate surface area is 183 Å². The molecule has 0 radical (unpaired) electrons. The Morgan fingerprint density at radius 1 is 1.13 bits per heavy atom. The SMILES string of the molecule is O=C(c1ccccc1S(=O)(=O)CCCO)N1CCN(c2nc3ccc(F)cc3s2)CC1. The molecule has 1 aromatic heterocycles. The van der Waals surface area contributed by atoms with Crippen LogP contribution in [0.15, 0.2) is 47.4 Å². The molecule has 1 saturated heterocycles. The van der Waals surface area contributed by atoms with E-state index in [-0.39, 0.29) is 41.0 Å². The van der Waals surface area contributed by atoms with Gasteiger partial charge in [0.2, 0.25) is 0 Å². The summed E-state index contributed by atoms with van der Waals surface area (Å²) < 4.78 is 39.5. The van der Waals surface area contributed by atoms with Crippen molar-refractivity contribution in [3.05, 3.63) is 53.8 Å². The van der Waals surface area contributed by atoms with E-state index in [9.17, 15) is 17.6 Å². The van der Waals surface area contributed by atoms with Crippen LogP contribution in [0.5, 0.6) is 0 Å². The van der Waals surface area contributed by atoms with Gasteiger partial charge in [0.05, 0.1) is 26.4 Å². The molecule has 0 atom stereocenters. The van der Waals surface area contributed by atoms with Gasteiger partial charge in [-0.3, -0.25) is 4.79 Å². The number of nitrogens with zero attached hydrogens (tertiary/aromatic N) is 3. The van der Waals surface area contributed by atoms with Gasteiger partial charge in [0.15, 0.2) is 15.0 Å². The number of sulfone groups is 1. The minimum Gasteiger partial charge on any atom is -0.396 e. The molecule has 0 saturated carbocycles. The van der Waals surface area contributed by atoms with Crippen molar-refractivity contribution in [2.75, 3.05) is 43.4 Å². The Balaban J connectivity index is 1.48. The number of benzene rings is 2. The Bertz CT molecular complexity index is 1200. The summed E-state index contributed by atoms with van der Waals surface area (Å²) in [7, 11) is -3.67. The molecule has 0 spiro atoms. The molecule has 0 aliphatic carbocycles. The Kier molecular flexibility index (Phi) is 6.22. The summed E-state index contributed by atoms with van der Waals surface area (Å²) in [4.78, 5) is 21.4. The van der Waals surface area contributed by atoms with Crippen LogP contribution < -0.4 is 4.90 Å². The number of amides is 1. The van der Waals surface area contributed by atoms with E-state index in [1.54, 1.807) is 23.1 Å². The minimum atomic E-state index is -3.67. The maximum Gasteiger partial charge on any atom is 0.255 e. The van der Waals surface area contributed by atoms with Gasteiger partial charge in [-0.1, -0.05) is 23.5 Å². The van der Waals surface area contributed by atoms with Gasteiger partial charge >= 0.3 is 0 Å². The molecule has 4 rings (SSSR count). The van der Waals surface area contributed by atoms with Crippen LogP contribution >= 0.6 is 11.3 Å². The summed E-state index contributed by atoms with van der Waals surface area (Å²) in [6.45, 7) is 1.72. The number of hydrogen-bond donors (Lipinski definition) is 1.